The second-order valence-corrected chi connectivity index (χ2v) is 3.37. The van der Waals surface area contributed by atoms with Gasteiger partial charge in [0.15, 0.2) is 5.69 Å². The summed E-state index contributed by atoms with van der Waals surface area (Å²) in [6.07, 6.45) is 1.14. The van der Waals surface area contributed by atoms with Gasteiger partial charge in [0.1, 0.15) is 0 Å². The molecular formula is C7H2BrN3O5. The number of nitro benzene ring substituents is 2. The number of halogens is 1. The van der Waals surface area contributed by atoms with Crippen molar-refractivity contribution in [1.82, 2.24) is 0 Å². The lowest BCUT2D eigenvalue weighted by atomic mass is 10.2. The lowest BCUT2D eigenvalue weighted by Gasteiger charge is -1.98. The second kappa shape index (κ2) is 4.60. The Balaban J connectivity index is 3.57. The second-order valence-electron chi connectivity index (χ2n) is 2.51. The number of hydrogen-bond donors (Lipinski definition) is 0. The molecule has 0 radical (unpaired) electrons. The van der Waals surface area contributed by atoms with E-state index >= 15 is 0 Å². The fourth-order valence-electron chi connectivity index (χ4n) is 0.972. The van der Waals surface area contributed by atoms with Crippen LogP contribution in [-0.4, -0.2) is 15.9 Å². The standard InChI is InChI=1S/C7H2BrN3O5/c8-5-1-4(10(13)14)2-6(11(15)16)7(5)9-3-12/h1-2H. The first-order valence-corrected chi connectivity index (χ1v) is 4.47. The maximum absolute atomic E-state index is 10.6. The largest absolute Gasteiger partial charge is 0.303 e. The van der Waals surface area contributed by atoms with Crippen LogP contribution >= 0.6 is 15.9 Å². The predicted octanol–water partition coefficient (Wildman–Crippen LogP) is 2.23. The highest BCUT2D eigenvalue weighted by atomic mass is 79.9. The summed E-state index contributed by atoms with van der Waals surface area (Å²) in [7, 11) is 0. The van der Waals surface area contributed by atoms with E-state index in [2.05, 4.69) is 20.9 Å². The fraction of sp³-hybridized carbons (Fsp3) is 0. The third kappa shape index (κ3) is 2.27. The molecule has 0 unspecified atom stereocenters. The predicted molar refractivity (Wildman–Crippen MR) is 55.2 cm³/mol. The van der Waals surface area contributed by atoms with Crippen molar-refractivity contribution in [3.63, 3.8) is 0 Å². The minimum Gasteiger partial charge on any atom is -0.258 e. The molecule has 0 saturated heterocycles. The van der Waals surface area contributed by atoms with Gasteiger partial charge in [-0.1, -0.05) is 0 Å². The highest BCUT2D eigenvalue weighted by Gasteiger charge is 2.22. The van der Waals surface area contributed by atoms with Crippen LogP contribution in [0.2, 0.25) is 0 Å². The maximum atomic E-state index is 10.6. The molecule has 0 heterocycles. The number of nitrogens with zero attached hydrogens (tertiary/aromatic N) is 3. The average molecular weight is 288 g/mol. The molecule has 0 amide bonds. The number of benzene rings is 1. The Bertz CT molecular complexity index is 523. The Labute approximate surface area is 96.0 Å². The number of non-ortho nitro benzene ring substituents is 1. The summed E-state index contributed by atoms with van der Waals surface area (Å²) in [4.78, 5) is 32.6. The molecule has 0 saturated carbocycles. The van der Waals surface area contributed by atoms with Crippen LogP contribution in [0.25, 0.3) is 0 Å². The third-order valence-corrected chi connectivity index (χ3v) is 2.20. The first kappa shape index (κ1) is 12.0. The van der Waals surface area contributed by atoms with Crippen LogP contribution in [0, 0.1) is 20.2 Å². The molecule has 9 heteroatoms. The molecule has 1 aromatic rings. The van der Waals surface area contributed by atoms with E-state index in [1.165, 1.54) is 0 Å². The van der Waals surface area contributed by atoms with Gasteiger partial charge < -0.3 is 0 Å². The molecule has 0 bridgehead atoms. The zero-order valence-corrected chi connectivity index (χ0v) is 9.00. The molecule has 16 heavy (non-hydrogen) atoms. The van der Waals surface area contributed by atoms with Gasteiger partial charge in [-0.3, -0.25) is 20.2 Å². The number of rotatable bonds is 3. The molecule has 0 aliphatic rings. The van der Waals surface area contributed by atoms with Crippen molar-refractivity contribution in [2.24, 2.45) is 4.99 Å². The van der Waals surface area contributed by atoms with Crippen molar-refractivity contribution in [2.45, 2.75) is 0 Å². The molecule has 82 valence electrons. The molecular weight excluding hydrogens is 286 g/mol. The number of isocyanates is 1. The molecule has 0 aliphatic carbocycles. The van der Waals surface area contributed by atoms with Crippen LogP contribution in [0.3, 0.4) is 0 Å². The van der Waals surface area contributed by atoms with Gasteiger partial charge in [-0.2, -0.15) is 4.99 Å². The van der Waals surface area contributed by atoms with Gasteiger partial charge in [-0.25, -0.2) is 4.79 Å². The summed E-state index contributed by atoms with van der Waals surface area (Å²) in [5, 5.41) is 21.0. The summed E-state index contributed by atoms with van der Waals surface area (Å²) in [6, 6.07) is 1.74. The Kier molecular flexibility index (Phi) is 3.44. The summed E-state index contributed by atoms with van der Waals surface area (Å²) in [6.45, 7) is 0. The molecule has 1 rings (SSSR count). The molecule has 8 nitrogen and oxygen atoms in total. The molecule has 0 N–H and O–H groups in total. The SMILES string of the molecule is O=C=Nc1c(Br)cc([N+](=O)[O-])cc1[N+](=O)[O-]. The van der Waals surface area contributed by atoms with Gasteiger partial charge in [0.2, 0.25) is 6.08 Å². The monoisotopic (exact) mass is 287 g/mol. The Hall–Kier alpha value is -2.12. The minimum absolute atomic E-state index is 0.0169. The zero-order chi connectivity index (χ0) is 12.3. The summed E-state index contributed by atoms with van der Waals surface area (Å²) < 4.78 is -0.0169. The lowest BCUT2D eigenvalue weighted by molar-refractivity contribution is -0.393. The average Bonchev–Trinajstić information content (AvgIpc) is 2.20. The topological polar surface area (TPSA) is 116 Å². The molecule has 0 aliphatic heterocycles. The summed E-state index contributed by atoms with van der Waals surface area (Å²) >= 11 is 2.85. The van der Waals surface area contributed by atoms with E-state index in [0.29, 0.717) is 0 Å². The van der Waals surface area contributed by atoms with Crippen LogP contribution in [0.15, 0.2) is 21.6 Å². The quantitative estimate of drug-likeness (QED) is 0.366. The van der Waals surface area contributed by atoms with Crippen molar-refractivity contribution in [2.75, 3.05) is 0 Å². The smallest absolute Gasteiger partial charge is 0.258 e. The highest BCUT2D eigenvalue weighted by Crippen LogP contribution is 2.38. The van der Waals surface area contributed by atoms with Crippen LogP contribution in [0.5, 0.6) is 0 Å². The zero-order valence-electron chi connectivity index (χ0n) is 7.42. The van der Waals surface area contributed by atoms with Gasteiger partial charge in [-0.05, 0) is 15.9 Å². The lowest BCUT2D eigenvalue weighted by Crippen LogP contribution is -1.93. The van der Waals surface area contributed by atoms with Crippen LogP contribution < -0.4 is 0 Å². The first-order chi connectivity index (χ1) is 7.47. The molecule has 0 fully saturated rings. The van der Waals surface area contributed by atoms with Crippen molar-refractivity contribution in [3.8, 4) is 0 Å². The van der Waals surface area contributed by atoms with Crippen LogP contribution in [-0.2, 0) is 4.79 Å². The number of carbonyl (C=O) groups excluding carboxylic acids is 1. The number of aliphatic imine (C=N–C) groups is 1. The molecule has 0 aromatic heterocycles. The van der Waals surface area contributed by atoms with E-state index in [0.717, 1.165) is 18.2 Å². The van der Waals surface area contributed by atoms with Gasteiger partial charge >= 0.3 is 5.69 Å². The van der Waals surface area contributed by atoms with E-state index < -0.39 is 21.2 Å². The van der Waals surface area contributed by atoms with Crippen LogP contribution in [0.1, 0.15) is 0 Å². The van der Waals surface area contributed by atoms with Gasteiger partial charge in [-0.15, -0.1) is 0 Å². The van der Waals surface area contributed by atoms with Gasteiger partial charge in [0, 0.05) is 6.07 Å². The molecule has 0 atom stereocenters. The Morgan fingerprint density at radius 3 is 2.31 bits per heavy atom. The van der Waals surface area contributed by atoms with Crippen molar-refractivity contribution in [3.05, 3.63) is 36.8 Å². The molecule has 1 aromatic carbocycles. The Morgan fingerprint density at radius 1 is 1.25 bits per heavy atom. The van der Waals surface area contributed by atoms with Gasteiger partial charge in [0.05, 0.1) is 20.4 Å². The highest BCUT2D eigenvalue weighted by molar-refractivity contribution is 9.10. The van der Waals surface area contributed by atoms with E-state index in [4.69, 9.17) is 0 Å². The number of nitro groups is 2. The van der Waals surface area contributed by atoms with Crippen molar-refractivity contribution in [1.29, 1.82) is 0 Å². The first-order valence-electron chi connectivity index (χ1n) is 3.67. The van der Waals surface area contributed by atoms with Crippen molar-refractivity contribution >= 4 is 39.1 Å². The van der Waals surface area contributed by atoms with Crippen LogP contribution in [0.4, 0.5) is 17.1 Å². The van der Waals surface area contributed by atoms with Gasteiger partial charge in [0.25, 0.3) is 5.69 Å². The Morgan fingerprint density at radius 2 is 1.88 bits per heavy atom. The van der Waals surface area contributed by atoms with Crippen molar-refractivity contribution < 1.29 is 14.6 Å². The normalized spacial score (nSPS) is 9.31. The summed E-state index contributed by atoms with van der Waals surface area (Å²) in [5.74, 6) is 0. The fourth-order valence-corrected chi connectivity index (χ4v) is 1.50. The van der Waals surface area contributed by atoms with E-state index in [1.54, 1.807) is 0 Å². The molecule has 0 spiro atoms. The van der Waals surface area contributed by atoms with E-state index in [-0.39, 0.29) is 10.2 Å². The van der Waals surface area contributed by atoms with E-state index in [9.17, 15) is 25.0 Å². The third-order valence-electron chi connectivity index (χ3n) is 1.59. The van der Waals surface area contributed by atoms with E-state index in [1.807, 2.05) is 0 Å². The maximum Gasteiger partial charge on any atom is 0.303 e. The minimum atomic E-state index is -0.867. The number of hydrogen-bond acceptors (Lipinski definition) is 6. The summed E-state index contributed by atoms with van der Waals surface area (Å²) in [5.41, 5.74) is -1.40.